The molecule has 0 aliphatic carbocycles. The molecular formula is C72H142N9O28P. The van der Waals surface area contributed by atoms with E-state index in [2.05, 4.69) is 79.3 Å². The minimum Gasteiger partial charge on any atom is -0.394 e. The molecule has 0 saturated carbocycles. The number of hydrogen-bond donors (Lipinski definition) is 19. The molecule has 3 heterocycles. The molecule has 16 atom stereocenters. The van der Waals surface area contributed by atoms with Crippen LogP contribution in [0.4, 0.5) is 0 Å². The van der Waals surface area contributed by atoms with Crippen LogP contribution in [0.1, 0.15) is 197 Å². The first-order chi connectivity index (χ1) is 51.9. The first-order valence-corrected chi connectivity index (χ1v) is 40.1. The van der Waals surface area contributed by atoms with Gasteiger partial charge in [-0.2, -0.15) is 0 Å². The number of unbranched alkanes of at least 4 members (excludes halogenated alkanes) is 3. The second kappa shape index (κ2) is 64.5. The van der Waals surface area contributed by atoms with Crippen molar-refractivity contribution in [1.29, 1.82) is 0 Å². The molecule has 0 bridgehead atoms. The molecular weight excluding hydrogens is 1470 g/mol. The summed E-state index contributed by atoms with van der Waals surface area (Å²) in [4.78, 5) is 113. The lowest BCUT2D eigenvalue weighted by atomic mass is 9.82. The lowest BCUT2D eigenvalue weighted by Crippen LogP contribution is -2.55. The summed E-state index contributed by atoms with van der Waals surface area (Å²) >= 11 is 0. The van der Waals surface area contributed by atoms with Crippen molar-refractivity contribution in [2.75, 3.05) is 119 Å². The molecule has 0 aromatic carbocycles. The summed E-state index contributed by atoms with van der Waals surface area (Å²) in [6, 6.07) is 0. The number of amides is 8. The van der Waals surface area contributed by atoms with Gasteiger partial charge < -0.3 is 132 Å². The number of nitrogens with two attached hydrogens (primary N) is 1. The number of phosphoric ester groups is 1. The Bertz CT molecular complexity index is 2310. The molecule has 0 radical (unpaired) electrons. The average Bonchev–Trinajstić information content (AvgIpc) is 0.840. The van der Waals surface area contributed by atoms with Gasteiger partial charge in [-0.15, -0.1) is 0 Å². The highest BCUT2D eigenvalue weighted by atomic mass is 31.2. The van der Waals surface area contributed by atoms with Crippen LogP contribution in [-0.2, 0) is 85.1 Å². The first kappa shape index (κ1) is 107. The van der Waals surface area contributed by atoms with Gasteiger partial charge in [-0.05, 0) is 70.8 Å². The van der Waals surface area contributed by atoms with E-state index in [1.54, 1.807) is 27.9 Å². The third kappa shape index (κ3) is 47.8. The number of nitrogens with one attached hydrogen (secondary N) is 8. The van der Waals surface area contributed by atoms with E-state index >= 15 is 0 Å². The van der Waals surface area contributed by atoms with E-state index in [1.165, 1.54) is 12.8 Å². The lowest BCUT2D eigenvalue weighted by molar-refractivity contribution is -0.282. The Labute approximate surface area is 650 Å². The lowest BCUT2D eigenvalue weighted by Gasteiger charge is -2.40. The van der Waals surface area contributed by atoms with Crippen molar-refractivity contribution < 1.29 is 136 Å². The van der Waals surface area contributed by atoms with Crippen molar-refractivity contribution in [3.63, 3.8) is 0 Å². The minimum absolute atomic E-state index is 0. The smallest absolute Gasteiger partial charge is 0.394 e. The molecule has 37 nitrogen and oxygen atoms in total. The zero-order valence-corrected chi connectivity index (χ0v) is 66.8. The standard InChI is InChI=1S/C58H104N8O24.C7H18NO4P.2C3H8.CH4/c1-35-49(78)52(81)38(32-67)88-55(35)85-29-15-45(74)62-24-6-21-59-42(71)12-18-58(66-48(77)11-5-10-41(70)65-27-9-28-84-4,19-13-43(72)60-22-7-25-63-46(75)16-30-86-56-36(2)50(79)53(82)39(33-68)89-56)20-14-44(73)61-23-8-26-64-47(76)17-31-87-57-37(3)51(80)54(83)40(34-69)90-57;1-11-13(9,10)12-7-5-3-2-4-6-8;2*1-3-2;/h35-40,49-57,67-69,78-83H,5-34H2,1-4H3,(H,59,71)(H,60,72)(H,61,73)(H,62,74)(H,63,75)(H,64,76)(H,65,70)(H,66,77);2-8H2,1H3,(H,9,10);2*3H2,1-2H3;1H4/t35?,36?,37?,38?,39?,40?,49-,50-,51-,52+,53+,54+,55-,56-,57-,58?;;;;/m1..../s1. The Morgan fingerprint density at radius 3 is 0.991 bits per heavy atom. The molecule has 0 aromatic heterocycles. The molecule has 8 amide bonds. The topological polar surface area (TPSA) is 561 Å². The monoisotopic (exact) mass is 1610 g/mol. The van der Waals surface area contributed by atoms with Crippen LogP contribution in [0.3, 0.4) is 0 Å². The van der Waals surface area contributed by atoms with Crippen LogP contribution in [-0.4, -0.2) is 297 Å². The number of phosphoric acid groups is 1. The number of carbonyl (C=O) groups excluding carboxylic acids is 8. The van der Waals surface area contributed by atoms with Gasteiger partial charge in [0.25, 0.3) is 0 Å². The second-order valence-electron chi connectivity index (χ2n) is 27.2. The number of aliphatic hydroxyl groups excluding tert-OH is 9. The van der Waals surface area contributed by atoms with Crippen molar-refractivity contribution >= 4 is 55.1 Å². The fraction of sp³-hybridized carbons (Fsp3) is 0.889. The molecule has 3 saturated heterocycles. The highest BCUT2D eigenvalue weighted by molar-refractivity contribution is 7.47. The Morgan fingerprint density at radius 1 is 0.400 bits per heavy atom. The quantitative estimate of drug-likeness (QED) is 0.0271. The predicted octanol–water partition coefficient (Wildman–Crippen LogP) is -0.445. The Balaban J connectivity index is 0. The number of carbonyl (C=O) groups is 8. The van der Waals surface area contributed by atoms with Crippen LogP contribution in [0.15, 0.2) is 0 Å². The maximum Gasteiger partial charge on any atom is 0.471 e. The van der Waals surface area contributed by atoms with E-state index in [4.69, 9.17) is 43.8 Å². The van der Waals surface area contributed by atoms with E-state index < -0.39 is 148 Å². The van der Waals surface area contributed by atoms with Crippen molar-refractivity contribution in [3.8, 4) is 0 Å². The summed E-state index contributed by atoms with van der Waals surface area (Å²) < 4.78 is 58.1. The predicted molar refractivity (Wildman–Crippen MR) is 405 cm³/mol. The van der Waals surface area contributed by atoms with Gasteiger partial charge in [-0.3, -0.25) is 47.4 Å². The normalized spacial score (nSPS) is 24.5. The minimum atomic E-state index is -3.75. The van der Waals surface area contributed by atoms with Crippen LogP contribution in [0, 0.1) is 17.8 Å². The van der Waals surface area contributed by atoms with Crippen molar-refractivity contribution in [1.82, 2.24) is 42.5 Å². The van der Waals surface area contributed by atoms with Gasteiger partial charge in [-0.25, -0.2) is 4.57 Å². The molecule has 7 unspecified atom stereocenters. The highest BCUT2D eigenvalue weighted by Crippen LogP contribution is 2.42. The average molecular weight is 1610 g/mol. The molecule has 3 aliphatic rings. The summed E-state index contributed by atoms with van der Waals surface area (Å²) in [5.74, 6) is -5.06. The molecule has 0 aromatic rings. The van der Waals surface area contributed by atoms with E-state index in [9.17, 15) is 88.9 Å². The SMILES string of the molecule is C.CCC.CCC.COCCCNC(=O)CCCC(=O)NC(CCC(=O)NCCCNC(=O)CCO[C@@H]1OC(CO)[C@H](O)[C@H](O)C1C)(CCC(=O)NCCCNC(=O)CCO[C@@H]1OC(CO)[C@H](O)[C@H](O)C1C)CCC(=O)NCCCNC(=O)CCO[C@@H]1OC(CO)[C@H](O)[C@H](O)C1C.COP(=O)(O)OCCCCCCN. The van der Waals surface area contributed by atoms with Gasteiger partial charge in [0.1, 0.15) is 36.6 Å². The number of methoxy groups -OCH3 is 1. The zero-order chi connectivity index (χ0) is 82.2. The molecule has 3 aliphatic heterocycles. The van der Waals surface area contributed by atoms with Gasteiger partial charge in [0, 0.05) is 122 Å². The van der Waals surface area contributed by atoms with Crippen molar-refractivity contribution in [3.05, 3.63) is 0 Å². The third-order valence-corrected chi connectivity index (χ3v) is 18.5. The Kier molecular flexibility index (Phi) is 62.8. The molecule has 3 rings (SSSR count). The first-order valence-electron chi connectivity index (χ1n) is 38.6. The zero-order valence-electron chi connectivity index (χ0n) is 65.9. The van der Waals surface area contributed by atoms with Gasteiger partial charge in [0.15, 0.2) is 18.9 Å². The molecule has 110 heavy (non-hydrogen) atoms. The van der Waals surface area contributed by atoms with E-state index in [-0.39, 0.29) is 174 Å². The summed E-state index contributed by atoms with van der Waals surface area (Å²) in [6.45, 7) is 14.2. The van der Waals surface area contributed by atoms with Crippen LogP contribution in [0.2, 0.25) is 0 Å². The van der Waals surface area contributed by atoms with Gasteiger partial charge in [0.2, 0.25) is 47.3 Å². The van der Waals surface area contributed by atoms with Crippen molar-refractivity contribution in [2.24, 2.45) is 23.5 Å². The van der Waals surface area contributed by atoms with Gasteiger partial charge in [-0.1, -0.05) is 81.6 Å². The maximum absolute atomic E-state index is 13.8. The molecule has 38 heteroatoms. The van der Waals surface area contributed by atoms with Crippen molar-refractivity contribution in [2.45, 2.75) is 276 Å². The number of ether oxygens (including phenoxy) is 7. The Hall–Kier alpha value is -4.81. The van der Waals surface area contributed by atoms with Crippen LogP contribution in [0.25, 0.3) is 0 Å². The molecule has 3 fully saturated rings. The largest absolute Gasteiger partial charge is 0.471 e. The summed E-state index contributed by atoms with van der Waals surface area (Å²) in [7, 11) is -1.06. The highest BCUT2D eigenvalue weighted by Gasteiger charge is 2.45. The van der Waals surface area contributed by atoms with Gasteiger partial charge in [0.05, 0.1) is 83.8 Å². The molecule has 20 N–H and O–H groups in total. The molecule has 0 spiro atoms. The van der Waals surface area contributed by atoms with E-state index in [0.717, 1.165) is 32.8 Å². The second-order valence-corrected chi connectivity index (χ2v) is 28.8. The number of aliphatic hydroxyl groups is 9. The number of rotatable bonds is 53. The van der Waals surface area contributed by atoms with Gasteiger partial charge >= 0.3 is 7.82 Å². The number of hydrogen-bond acceptors (Lipinski definition) is 28. The summed E-state index contributed by atoms with van der Waals surface area (Å²) in [5, 5.41) is 112. The molecule has 648 valence electrons. The fourth-order valence-corrected chi connectivity index (χ4v) is 11.4. The van der Waals surface area contributed by atoms with Crippen LogP contribution >= 0.6 is 7.82 Å². The van der Waals surface area contributed by atoms with Crippen LogP contribution < -0.4 is 48.3 Å². The fourth-order valence-electron chi connectivity index (χ4n) is 11.0. The summed E-state index contributed by atoms with van der Waals surface area (Å²) in [6.07, 6.45) is -6.50. The maximum atomic E-state index is 13.8. The van der Waals surface area contributed by atoms with Crippen LogP contribution in [0.5, 0.6) is 0 Å². The third-order valence-electron chi connectivity index (χ3n) is 17.5. The van der Waals surface area contributed by atoms with E-state index in [1.807, 2.05) is 0 Å². The Morgan fingerprint density at radius 2 is 0.691 bits per heavy atom. The van der Waals surface area contributed by atoms with E-state index in [0.29, 0.717) is 45.4 Å². The summed E-state index contributed by atoms with van der Waals surface area (Å²) in [5.41, 5.74) is 3.98.